The SMILES string of the molecule is C=C(C1CC1)N(CC1CC1(C)CCC=C(C)C)C(C)(C)C. The van der Waals surface area contributed by atoms with Crippen molar-refractivity contribution in [2.45, 2.75) is 79.2 Å². The molecule has 2 aliphatic rings. The van der Waals surface area contributed by atoms with E-state index >= 15 is 0 Å². The molecule has 0 aromatic carbocycles. The third kappa shape index (κ3) is 4.37. The van der Waals surface area contributed by atoms with E-state index in [0.717, 1.165) is 11.8 Å². The minimum absolute atomic E-state index is 0.211. The van der Waals surface area contributed by atoms with E-state index in [2.05, 4.69) is 59.1 Å². The van der Waals surface area contributed by atoms with Crippen molar-refractivity contribution in [1.82, 2.24) is 4.90 Å². The maximum absolute atomic E-state index is 4.41. The van der Waals surface area contributed by atoms with Gasteiger partial charge in [-0.2, -0.15) is 0 Å². The van der Waals surface area contributed by atoms with Crippen LogP contribution in [0.3, 0.4) is 0 Å². The normalized spacial score (nSPS) is 28.2. The molecule has 1 nitrogen and oxygen atoms in total. The Bertz CT molecular complexity index is 418. The van der Waals surface area contributed by atoms with Gasteiger partial charge in [0.05, 0.1) is 0 Å². The van der Waals surface area contributed by atoms with Gasteiger partial charge in [-0.3, -0.25) is 0 Å². The summed E-state index contributed by atoms with van der Waals surface area (Å²) in [6.07, 6.45) is 9.09. The fraction of sp³-hybridized carbons (Fsp3) is 0.800. The van der Waals surface area contributed by atoms with Gasteiger partial charge in [0.2, 0.25) is 0 Å². The molecule has 120 valence electrons. The Morgan fingerprint density at radius 3 is 2.38 bits per heavy atom. The molecule has 0 aromatic heterocycles. The minimum Gasteiger partial charge on any atom is -0.370 e. The Kier molecular flexibility index (Phi) is 4.61. The number of hydrogen-bond acceptors (Lipinski definition) is 1. The highest BCUT2D eigenvalue weighted by Gasteiger charge is 2.50. The molecule has 0 bridgehead atoms. The van der Waals surface area contributed by atoms with E-state index in [1.165, 1.54) is 49.9 Å². The van der Waals surface area contributed by atoms with Crippen LogP contribution in [0.25, 0.3) is 0 Å². The van der Waals surface area contributed by atoms with Crippen LogP contribution >= 0.6 is 0 Å². The molecule has 0 spiro atoms. The molecule has 0 saturated heterocycles. The molecule has 0 heterocycles. The Hall–Kier alpha value is -0.720. The number of allylic oxidation sites excluding steroid dienone is 3. The standard InChI is InChI=1S/C20H35N/c1-15(2)9-8-12-20(7)13-18(20)14-21(19(4,5)6)16(3)17-10-11-17/h9,17-18H,3,8,10-14H2,1-2,4-7H3. The molecular weight excluding hydrogens is 254 g/mol. The lowest BCUT2D eigenvalue weighted by molar-refractivity contribution is 0.161. The van der Waals surface area contributed by atoms with Crippen LogP contribution in [-0.2, 0) is 0 Å². The van der Waals surface area contributed by atoms with Gasteiger partial charge >= 0.3 is 0 Å². The molecule has 2 fully saturated rings. The first-order valence-corrected chi connectivity index (χ1v) is 8.73. The second-order valence-corrected chi connectivity index (χ2v) is 8.92. The topological polar surface area (TPSA) is 3.24 Å². The van der Waals surface area contributed by atoms with Crippen molar-refractivity contribution in [1.29, 1.82) is 0 Å². The average molecular weight is 290 g/mol. The number of hydrogen-bond donors (Lipinski definition) is 0. The van der Waals surface area contributed by atoms with Crippen LogP contribution in [0.15, 0.2) is 23.9 Å². The molecule has 2 atom stereocenters. The van der Waals surface area contributed by atoms with E-state index in [9.17, 15) is 0 Å². The summed E-state index contributed by atoms with van der Waals surface area (Å²) < 4.78 is 0. The van der Waals surface area contributed by atoms with E-state index in [1.54, 1.807) is 0 Å². The maximum atomic E-state index is 4.41. The van der Waals surface area contributed by atoms with Gasteiger partial charge in [0, 0.05) is 17.8 Å². The zero-order chi connectivity index (χ0) is 15.8. The van der Waals surface area contributed by atoms with Gasteiger partial charge in [0.15, 0.2) is 0 Å². The Morgan fingerprint density at radius 2 is 1.90 bits per heavy atom. The lowest BCUT2D eigenvalue weighted by Gasteiger charge is -2.40. The van der Waals surface area contributed by atoms with Crippen molar-refractivity contribution in [2.24, 2.45) is 17.3 Å². The second-order valence-electron chi connectivity index (χ2n) is 8.92. The summed E-state index contributed by atoms with van der Waals surface area (Å²) in [5.41, 5.74) is 3.64. The van der Waals surface area contributed by atoms with Crippen LogP contribution in [-0.4, -0.2) is 17.0 Å². The van der Waals surface area contributed by atoms with Gasteiger partial charge < -0.3 is 4.90 Å². The average Bonchev–Trinajstić information content (AvgIpc) is 3.20. The molecule has 21 heavy (non-hydrogen) atoms. The molecule has 0 amide bonds. The van der Waals surface area contributed by atoms with Crippen LogP contribution in [0.5, 0.6) is 0 Å². The molecule has 2 unspecified atom stereocenters. The fourth-order valence-corrected chi connectivity index (χ4v) is 3.46. The van der Waals surface area contributed by atoms with Gasteiger partial charge in [-0.05, 0) is 84.0 Å². The number of rotatable bonds is 7. The zero-order valence-corrected chi connectivity index (χ0v) is 15.1. The summed E-state index contributed by atoms with van der Waals surface area (Å²) in [6, 6.07) is 0. The molecule has 0 N–H and O–H groups in total. The van der Waals surface area contributed by atoms with Crippen molar-refractivity contribution >= 4 is 0 Å². The summed E-state index contributed by atoms with van der Waals surface area (Å²) >= 11 is 0. The summed E-state index contributed by atoms with van der Waals surface area (Å²) in [4.78, 5) is 2.61. The van der Waals surface area contributed by atoms with E-state index in [4.69, 9.17) is 0 Å². The van der Waals surface area contributed by atoms with Gasteiger partial charge in [-0.1, -0.05) is 25.2 Å². The van der Waals surface area contributed by atoms with Gasteiger partial charge in [0.1, 0.15) is 0 Å². The van der Waals surface area contributed by atoms with Crippen molar-refractivity contribution in [3.05, 3.63) is 23.9 Å². The fourth-order valence-electron chi connectivity index (χ4n) is 3.46. The van der Waals surface area contributed by atoms with Crippen LogP contribution in [0, 0.1) is 17.3 Å². The van der Waals surface area contributed by atoms with Crippen molar-refractivity contribution in [3.8, 4) is 0 Å². The summed E-state index contributed by atoms with van der Waals surface area (Å²) in [5.74, 6) is 1.64. The molecule has 0 aliphatic heterocycles. The predicted octanol–water partition coefficient (Wildman–Crippen LogP) is 5.78. The third-order valence-corrected chi connectivity index (χ3v) is 5.41. The smallest absolute Gasteiger partial charge is 0.0315 e. The molecular formula is C20H35N. The quantitative estimate of drug-likeness (QED) is 0.537. The van der Waals surface area contributed by atoms with E-state index in [0.29, 0.717) is 5.41 Å². The Labute approximate surface area is 132 Å². The van der Waals surface area contributed by atoms with Crippen molar-refractivity contribution in [3.63, 3.8) is 0 Å². The van der Waals surface area contributed by atoms with E-state index in [-0.39, 0.29) is 5.54 Å². The zero-order valence-electron chi connectivity index (χ0n) is 15.1. The van der Waals surface area contributed by atoms with Gasteiger partial charge in [-0.25, -0.2) is 0 Å². The summed E-state index contributed by atoms with van der Waals surface area (Å²) in [7, 11) is 0. The highest BCUT2D eigenvalue weighted by Crippen LogP contribution is 2.57. The summed E-state index contributed by atoms with van der Waals surface area (Å²) in [5, 5.41) is 0. The molecule has 1 heteroatoms. The van der Waals surface area contributed by atoms with Crippen molar-refractivity contribution in [2.75, 3.05) is 6.54 Å². The van der Waals surface area contributed by atoms with Crippen LogP contribution < -0.4 is 0 Å². The maximum Gasteiger partial charge on any atom is 0.0315 e. The van der Waals surface area contributed by atoms with Gasteiger partial charge in [-0.15, -0.1) is 0 Å². The lowest BCUT2D eigenvalue weighted by Crippen LogP contribution is -2.42. The molecule has 0 radical (unpaired) electrons. The summed E-state index contributed by atoms with van der Waals surface area (Å²) in [6.45, 7) is 19.5. The van der Waals surface area contributed by atoms with E-state index in [1.807, 2.05) is 0 Å². The first-order chi connectivity index (χ1) is 9.63. The van der Waals surface area contributed by atoms with Crippen LogP contribution in [0.1, 0.15) is 73.6 Å². The second kappa shape index (κ2) is 5.82. The Balaban J connectivity index is 1.90. The van der Waals surface area contributed by atoms with Crippen LogP contribution in [0.2, 0.25) is 0 Å². The first kappa shape index (κ1) is 16.6. The highest BCUT2D eigenvalue weighted by atomic mass is 15.2. The molecule has 2 aliphatic carbocycles. The predicted molar refractivity (Wildman–Crippen MR) is 93.2 cm³/mol. The third-order valence-electron chi connectivity index (χ3n) is 5.41. The number of nitrogens with zero attached hydrogens (tertiary/aromatic N) is 1. The first-order valence-electron chi connectivity index (χ1n) is 8.73. The largest absolute Gasteiger partial charge is 0.370 e. The van der Waals surface area contributed by atoms with Gasteiger partial charge in [0.25, 0.3) is 0 Å². The molecule has 0 aromatic rings. The highest BCUT2D eigenvalue weighted by molar-refractivity contribution is 5.12. The molecule has 2 rings (SSSR count). The Morgan fingerprint density at radius 1 is 1.29 bits per heavy atom. The van der Waals surface area contributed by atoms with E-state index < -0.39 is 0 Å². The lowest BCUT2D eigenvalue weighted by atomic mass is 9.97. The monoisotopic (exact) mass is 289 g/mol. The molecule has 2 saturated carbocycles. The minimum atomic E-state index is 0.211. The van der Waals surface area contributed by atoms with Crippen LogP contribution in [0.4, 0.5) is 0 Å². The van der Waals surface area contributed by atoms with Crippen molar-refractivity contribution < 1.29 is 0 Å².